The van der Waals surface area contributed by atoms with Crippen LogP contribution >= 0.6 is 0 Å². The van der Waals surface area contributed by atoms with Crippen molar-refractivity contribution in [1.29, 1.82) is 0 Å². The van der Waals surface area contributed by atoms with Crippen molar-refractivity contribution in [2.45, 2.75) is 25.5 Å². The molecule has 0 radical (unpaired) electrons. The van der Waals surface area contributed by atoms with Crippen LogP contribution in [0.25, 0.3) is 0 Å². The molecule has 1 aliphatic rings. The van der Waals surface area contributed by atoms with Crippen molar-refractivity contribution in [3.63, 3.8) is 0 Å². The van der Waals surface area contributed by atoms with Crippen LogP contribution in [0.5, 0.6) is 5.75 Å². The van der Waals surface area contributed by atoms with E-state index in [1.807, 2.05) is 6.92 Å². The lowest BCUT2D eigenvalue weighted by Crippen LogP contribution is -2.45. The van der Waals surface area contributed by atoms with Crippen LogP contribution in [-0.2, 0) is 18.2 Å². The molecule has 1 fully saturated rings. The average molecular weight is 333 g/mol. The Bertz CT molecular complexity index is 732. The molecule has 7 heteroatoms. The van der Waals surface area contributed by atoms with E-state index < -0.39 is 5.82 Å². The van der Waals surface area contributed by atoms with E-state index in [2.05, 4.69) is 10.4 Å². The summed E-state index contributed by atoms with van der Waals surface area (Å²) in [5, 5.41) is 6.94. The van der Waals surface area contributed by atoms with Crippen LogP contribution in [0.1, 0.15) is 22.8 Å². The van der Waals surface area contributed by atoms with Gasteiger partial charge in [-0.2, -0.15) is 5.10 Å². The summed E-state index contributed by atoms with van der Waals surface area (Å²) in [4.78, 5) is 12.5. The molecule has 3 rings (SSSR count). The number of hydrogen-bond donors (Lipinski definition) is 1. The van der Waals surface area contributed by atoms with E-state index in [1.165, 1.54) is 12.1 Å². The van der Waals surface area contributed by atoms with Gasteiger partial charge < -0.3 is 14.8 Å². The van der Waals surface area contributed by atoms with Crippen molar-refractivity contribution < 1.29 is 18.7 Å². The summed E-state index contributed by atoms with van der Waals surface area (Å²) in [5.41, 5.74) is 1.15. The van der Waals surface area contributed by atoms with Gasteiger partial charge in [-0.05, 0) is 24.1 Å². The van der Waals surface area contributed by atoms with Crippen molar-refractivity contribution in [2.75, 3.05) is 13.2 Å². The highest BCUT2D eigenvalue weighted by Gasteiger charge is 2.32. The van der Waals surface area contributed by atoms with E-state index in [0.29, 0.717) is 30.9 Å². The van der Waals surface area contributed by atoms with E-state index in [1.54, 1.807) is 30.2 Å². The third kappa shape index (κ3) is 3.56. The van der Waals surface area contributed by atoms with E-state index in [4.69, 9.17) is 9.47 Å². The van der Waals surface area contributed by atoms with Gasteiger partial charge in [-0.25, -0.2) is 4.39 Å². The van der Waals surface area contributed by atoms with Crippen LogP contribution in [0, 0.1) is 5.82 Å². The molecule has 1 aliphatic heterocycles. The predicted molar refractivity (Wildman–Crippen MR) is 85.5 cm³/mol. The molecule has 2 atom stereocenters. The van der Waals surface area contributed by atoms with E-state index >= 15 is 0 Å². The zero-order valence-corrected chi connectivity index (χ0v) is 13.7. The highest BCUT2D eigenvalue weighted by molar-refractivity contribution is 5.96. The number of aryl methyl sites for hydroxylation is 2. The third-order valence-electron chi connectivity index (χ3n) is 4.01. The Labute approximate surface area is 139 Å². The fourth-order valence-electron chi connectivity index (χ4n) is 2.73. The normalized spacial score (nSPS) is 20.1. The molecule has 0 spiro atoms. The summed E-state index contributed by atoms with van der Waals surface area (Å²) in [6, 6.07) is 3.97. The molecule has 6 nitrogen and oxygen atoms in total. The molecule has 128 valence electrons. The second-order valence-electron chi connectivity index (χ2n) is 5.78. The maximum atomic E-state index is 13.5. The molecule has 0 unspecified atom stereocenters. The molecule has 1 amide bonds. The van der Waals surface area contributed by atoms with Crippen LogP contribution in [0.2, 0.25) is 0 Å². The molecular formula is C17H20FN3O3. The third-order valence-corrected chi connectivity index (χ3v) is 4.01. The Hall–Kier alpha value is -2.41. The Kier molecular flexibility index (Phi) is 4.80. The molecule has 2 heterocycles. The number of amides is 1. The summed E-state index contributed by atoms with van der Waals surface area (Å²) in [7, 11) is 1.80. The maximum Gasteiger partial charge on any atom is 0.252 e. The highest BCUT2D eigenvalue weighted by Crippen LogP contribution is 2.18. The van der Waals surface area contributed by atoms with Gasteiger partial charge in [0.25, 0.3) is 5.91 Å². The zero-order chi connectivity index (χ0) is 17.1. The van der Waals surface area contributed by atoms with Crippen molar-refractivity contribution in [1.82, 2.24) is 15.1 Å². The van der Waals surface area contributed by atoms with Crippen molar-refractivity contribution in [3.05, 3.63) is 47.5 Å². The largest absolute Gasteiger partial charge is 0.482 e. The monoisotopic (exact) mass is 333 g/mol. The maximum absolute atomic E-state index is 13.5. The number of nitrogens with one attached hydrogen (secondary N) is 1. The quantitative estimate of drug-likeness (QED) is 0.904. The first-order chi connectivity index (χ1) is 11.6. The van der Waals surface area contributed by atoms with Gasteiger partial charge in [0.2, 0.25) is 0 Å². The lowest BCUT2D eigenvalue weighted by molar-refractivity contribution is 0.0902. The van der Waals surface area contributed by atoms with Gasteiger partial charge >= 0.3 is 0 Å². The number of rotatable bonds is 5. The molecule has 1 aromatic carbocycles. The smallest absolute Gasteiger partial charge is 0.252 e. The average Bonchev–Trinajstić information content (AvgIpc) is 3.17. The molecule has 2 aromatic rings. The molecule has 0 bridgehead atoms. The standard InChI is InChI=1S/C17H20FN3O3/c1-3-11-4-5-12(18)6-14(11)17(22)20-15-9-23-10-16(15)24-13-7-19-21(2)8-13/h4-8,15-16H,3,9-10H2,1-2H3,(H,20,22)/t15-,16+/m0/s1. The SMILES string of the molecule is CCc1ccc(F)cc1C(=O)N[C@H]1COC[C@H]1Oc1cnn(C)c1. The van der Waals surface area contributed by atoms with Gasteiger partial charge in [-0.3, -0.25) is 9.48 Å². The van der Waals surface area contributed by atoms with Crippen molar-refractivity contribution in [3.8, 4) is 5.75 Å². The second kappa shape index (κ2) is 7.00. The summed E-state index contributed by atoms with van der Waals surface area (Å²) in [6.07, 6.45) is 3.70. The Morgan fingerprint density at radius 1 is 1.50 bits per heavy atom. The molecule has 1 saturated heterocycles. The molecular weight excluding hydrogens is 313 g/mol. The number of carbonyl (C=O) groups excluding carboxylic acids is 1. The molecule has 0 aliphatic carbocycles. The van der Waals surface area contributed by atoms with Crippen LogP contribution in [0.3, 0.4) is 0 Å². The molecule has 24 heavy (non-hydrogen) atoms. The summed E-state index contributed by atoms with van der Waals surface area (Å²) >= 11 is 0. The van der Waals surface area contributed by atoms with Crippen molar-refractivity contribution >= 4 is 5.91 Å². The number of carbonyl (C=O) groups is 1. The van der Waals surface area contributed by atoms with Gasteiger partial charge in [0, 0.05) is 12.6 Å². The number of nitrogens with zero attached hydrogens (tertiary/aromatic N) is 2. The fourth-order valence-corrected chi connectivity index (χ4v) is 2.73. The molecule has 0 saturated carbocycles. The summed E-state index contributed by atoms with van der Waals surface area (Å²) in [6.45, 7) is 2.66. The van der Waals surface area contributed by atoms with Gasteiger partial charge in [0.05, 0.1) is 31.6 Å². The van der Waals surface area contributed by atoms with Gasteiger partial charge in [-0.1, -0.05) is 13.0 Å². The number of benzene rings is 1. The number of ether oxygens (including phenoxy) is 2. The lowest BCUT2D eigenvalue weighted by atomic mass is 10.0. The van der Waals surface area contributed by atoms with Crippen LogP contribution in [0.4, 0.5) is 4.39 Å². The highest BCUT2D eigenvalue weighted by atomic mass is 19.1. The number of halogens is 1. The van der Waals surface area contributed by atoms with Crippen LogP contribution in [0.15, 0.2) is 30.6 Å². The summed E-state index contributed by atoms with van der Waals surface area (Å²) in [5.74, 6) is -0.128. The Morgan fingerprint density at radius 2 is 2.33 bits per heavy atom. The first kappa shape index (κ1) is 16.4. The molecule has 1 aromatic heterocycles. The van der Waals surface area contributed by atoms with E-state index in [0.717, 1.165) is 5.56 Å². The fraction of sp³-hybridized carbons (Fsp3) is 0.412. The van der Waals surface area contributed by atoms with Crippen LogP contribution < -0.4 is 10.1 Å². The van der Waals surface area contributed by atoms with Gasteiger partial charge in [0.15, 0.2) is 5.75 Å². The number of hydrogen-bond acceptors (Lipinski definition) is 4. The lowest BCUT2D eigenvalue weighted by Gasteiger charge is -2.20. The Morgan fingerprint density at radius 3 is 3.04 bits per heavy atom. The summed E-state index contributed by atoms with van der Waals surface area (Å²) < 4.78 is 26.4. The second-order valence-corrected chi connectivity index (χ2v) is 5.78. The number of aromatic nitrogens is 2. The predicted octanol–water partition coefficient (Wildman–Crippen LogP) is 1.70. The zero-order valence-electron chi connectivity index (χ0n) is 13.7. The Balaban J connectivity index is 1.70. The van der Waals surface area contributed by atoms with Gasteiger partial charge in [0.1, 0.15) is 11.9 Å². The first-order valence-electron chi connectivity index (χ1n) is 7.89. The molecule has 1 N–H and O–H groups in total. The van der Waals surface area contributed by atoms with E-state index in [9.17, 15) is 9.18 Å². The van der Waals surface area contributed by atoms with Crippen molar-refractivity contribution in [2.24, 2.45) is 7.05 Å². The minimum Gasteiger partial charge on any atom is -0.482 e. The minimum absolute atomic E-state index is 0.300. The van der Waals surface area contributed by atoms with E-state index in [-0.39, 0.29) is 18.1 Å². The van der Waals surface area contributed by atoms with Gasteiger partial charge in [-0.15, -0.1) is 0 Å². The first-order valence-corrected chi connectivity index (χ1v) is 7.89. The topological polar surface area (TPSA) is 65.4 Å². The minimum atomic E-state index is -0.428. The van der Waals surface area contributed by atoms with Crippen LogP contribution in [-0.4, -0.2) is 41.0 Å².